The number of aliphatic hydroxyl groups excluding tert-OH is 1. The summed E-state index contributed by atoms with van der Waals surface area (Å²) in [4.78, 5) is 13.6. The van der Waals surface area contributed by atoms with Crippen molar-refractivity contribution in [1.29, 1.82) is 0 Å². The molecule has 6 heteroatoms. The molecule has 0 bridgehead atoms. The lowest BCUT2D eigenvalue weighted by molar-refractivity contribution is 0.154. The van der Waals surface area contributed by atoms with Crippen LogP contribution in [0.2, 0.25) is 0 Å². The number of hydrogen-bond acceptors (Lipinski definition) is 6. The van der Waals surface area contributed by atoms with E-state index >= 15 is 0 Å². The van der Waals surface area contributed by atoms with E-state index in [-0.39, 0.29) is 6.10 Å². The van der Waals surface area contributed by atoms with E-state index in [0.717, 1.165) is 57.8 Å². The third-order valence-electron chi connectivity index (χ3n) is 5.28. The van der Waals surface area contributed by atoms with Crippen molar-refractivity contribution in [2.24, 2.45) is 0 Å². The molecule has 1 aromatic carbocycles. The fourth-order valence-corrected chi connectivity index (χ4v) is 3.84. The smallest absolute Gasteiger partial charge is 0.224 e. The van der Waals surface area contributed by atoms with Crippen molar-refractivity contribution in [3.05, 3.63) is 47.7 Å². The number of anilines is 2. The summed E-state index contributed by atoms with van der Waals surface area (Å²) in [7, 11) is 0. The minimum Gasteiger partial charge on any atom is -0.391 e. The predicted octanol–water partition coefficient (Wildman–Crippen LogP) is 1.91. The summed E-state index contributed by atoms with van der Waals surface area (Å²) in [5.41, 5.74) is 2.93. The highest BCUT2D eigenvalue weighted by atomic mass is 16.3. The summed E-state index contributed by atoms with van der Waals surface area (Å²) < 4.78 is 0. The van der Waals surface area contributed by atoms with Gasteiger partial charge in [-0.1, -0.05) is 24.3 Å². The average Bonchev–Trinajstić information content (AvgIpc) is 2.68. The average molecular weight is 353 g/mol. The minimum atomic E-state index is -0.253. The summed E-state index contributed by atoms with van der Waals surface area (Å²) in [6.45, 7) is 5.53. The molecule has 1 fully saturated rings. The number of piperidine rings is 1. The van der Waals surface area contributed by atoms with E-state index in [0.29, 0.717) is 12.5 Å². The summed E-state index contributed by atoms with van der Waals surface area (Å²) in [6, 6.07) is 10.6. The van der Waals surface area contributed by atoms with Crippen LogP contribution in [-0.2, 0) is 13.0 Å². The van der Waals surface area contributed by atoms with Crippen LogP contribution in [0, 0.1) is 0 Å². The maximum absolute atomic E-state index is 9.86. The highest BCUT2D eigenvalue weighted by molar-refractivity contribution is 5.43. The molecule has 0 radical (unpaired) electrons. The Kier molecular flexibility index (Phi) is 5.32. The Morgan fingerprint density at radius 2 is 2.04 bits per heavy atom. The molecule has 0 amide bonds. The van der Waals surface area contributed by atoms with Crippen molar-refractivity contribution in [2.75, 3.05) is 42.9 Å². The number of aliphatic hydroxyl groups is 1. The highest BCUT2D eigenvalue weighted by Gasteiger charge is 2.19. The fraction of sp³-hybridized carbons (Fsp3) is 0.500. The molecule has 1 saturated heterocycles. The SMILES string of the molecule is OC1CCCN(c2ccnc(NCCN3CCc4ccccc4C3)n2)C1. The molecule has 0 aliphatic carbocycles. The van der Waals surface area contributed by atoms with E-state index in [1.807, 2.05) is 6.07 Å². The summed E-state index contributed by atoms with van der Waals surface area (Å²) >= 11 is 0. The Balaban J connectivity index is 1.29. The molecule has 0 spiro atoms. The summed E-state index contributed by atoms with van der Waals surface area (Å²) in [5, 5.41) is 13.2. The molecular weight excluding hydrogens is 326 g/mol. The van der Waals surface area contributed by atoms with Crippen molar-refractivity contribution >= 4 is 11.8 Å². The van der Waals surface area contributed by atoms with Crippen LogP contribution in [0.1, 0.15) is 24.0 Å². The van der Waals surface area contributed by atoms with Gasteiger partial charge in [-0.05, 0) is 36.5 Å². The normalized spacial score (nSPS) is 20.7. The molecule has 2 aliphatic heterocycles. The van der Waals surface area contributed by atoms with E-state index < -0.39 is 0 Å². The molecule has 2 aromatic rings. The van der Waals surface area contributed by atoms with Gasteiger partial charge in [0, 0.05) is 45.5 Å². The fourth-order valence-electron chi connectivity index (χ4n) is 3.84. The topological polar surface area (TPSA) is 64.5 Å². The maximum atomic E-state index is 9.86. The zero-order valence-electron chi connectivity index (χ0n) is 15.1. The number of nitrogens with zero attached hydrogens (tertiary/aromatic N) is 4. The van der Waals surface area contributed by atoms with Gasteiger partial charge < -0.3 is 15.3 Å². The quantitative estimate of drug-likeness (QED) is 0.856. The van der Waals surface area contributed by atoms with Crippen LogP contribution >= 0.6 is 0 Å². The van der Waals surface area contributed by atoms with Crippen molar-refractivity contribution < 1.29 is 5.11 Å². The molecule has 4 rings (SSSR count). The number of hydrogen-bond donors (Lipinski definition) is 2. The van der Waals surface area contributed by atoms with Gasteiger partial charge in [0.05, 0.1) is 6.10 Å². The number of benzene rings is 1. The number of nitrogens with one attached hydrogen (secondary N) is 1. The lowest BCUT2D eigenvalue weighted by Gasteiger charge is -2.31. The number of rotatable bonds is 5. The summed E-state index contributed by atoms with van der Waals surface area (Å²) in [6.07, 6.45) is 4.55. The monoisotopic (exact) mass is 353 g/mol. The molecule has 0 saturated carbocycles. The zero-order valence-corrected chi connectivity index (χ0v) is 15.1. The van der Waals surface area contributed by atoms with Gasteiger partial charge in [-0.3, -0.25) is 4.90 Å². The molecule has 1 aromatic heterocycles. The van der Waals surface area contributed by atoms with Crippen molar-refractivity contribution in [3.8, 4) is 0 Å². The van der Waals surface area contributed by atoms with Crippen LogP contribution in [0.5, 0.6) is 0 Å². The second-order valence-corrected chi connectivity index (χ2v) is 7.20. The number of fused-ring (bicyclic) bond motifs is 1. The minimum absolute atomic E-state index is 0.253. The first-order valence-electron chi connectivity index (χ1n) is 9.57. The van der Waals surface area contributed by atoms with Gasteiger partial charge in [0.15, 0.2) is 0 Å². The van der Waals surface area contributed by atoms with Gasteiger partial charge in [-0.2, -0.15) is 4.98 Å². The standard InChI is InChI=1S/C20H27N5O/c26-18-6-3-11-25(15-18)19-7-9-21-20(23-19)22-10-13-24-12-8-16-4-1-2-5-17(16)14-24/h1-2,4-5,7,9,18,26H,3,6,8,10-15H2,(H,21,22,23). The Bertz CT molecular complexity index is 738. The Labute approximate surface area is 154 Å². The lowest BCUT2D eigenvalue weighted by Crippen LogP contribution is -2.38. The summed E-state index contributed by atoms with van der Waals surface area (Å²) in [5.74, 6) is 1.56. The van der Waals surface area contributed by atoms with Crippen LogP contribution in [-0.4, -0.2) is 58.8 Å². The van der Waals surface area contributed by atoms with Gasteiger partial charge in [-0.25, -0.2) is 4.98 Å². The molecule has 3 heterocycles. The van der Waals surface area contributed by atoms with Crippen LogP contribution in [0.4, 0.5) is 11.8 Å². The Hall–Kier alpha value is -2.18. The van der Waals surface area contributed by atoms with E-state index in [1.165, 1.54) is 11.1 Å². The van der Waals surface area contributed by atoms with Gasteiger partial charge in [0.1, 0.15) is 5.82 Å². The van der Waals surface area contributed by atoms with E-state index in [4.69, 9.17) is 0 Å². The van der Waals surface area contributed by atoms with Crippen molar-refractivity contribution in [1.82, 2.24) is 14.9 Å². The maximum Gasteiger partial charge on any atom is 0.224 e. The molecule has 2 N–H and O–H groups in total. The second kappa shape index (κ2) is 8.01. The zero-order chi connectivity index (χ0) is 17.8. The predicted molar refractivity (Wildman–Crippen MR) is 103 cm³/mol. The van der Waals surface area contributed by atoms with Crippen LogP contribution < -0.4 is 10.2 Å². The Morgan fingerprint density at radius 3 is 2.92 bits per heavy atom. The second-order valence-electron chi connectivity index (χ2n) is 7.20. The third kappa shape index (κ3) is 4.14. The molecule has 6 nitrogen and oxygen atoms in total. The first-order chi connectivity index (χ1) is 12.8. The number of aromatic nitrogens is 2. The van der Waals surface area contributed by atoms with E-state index in [1.54, 1.807) is 6.20 Å². The van der Waals surface area contributed by atoms with Gasteiger partial charge in [-0.15, -0.1) is 0 Å². The molecule has 1 atom stereocenters. The van der Waals surface area contributed by atoms with Crippen molar-refractivity contribution in [3.63, 3.8) is 0 Å². The first-order valence-corrected chi connectivity index (χ1v) is 9.57. The highest BCUT2D eigenvalue weighted by Crippen LogP contribution is 2.19. The Morgan fingerprint density at radius 1 is 1.15 bits per heavy atom. The molecule has 2 aliphatic rings. The van der Waals surface area contributed by atoms with Gasteiger partial charge in [0.25, 0.3) is 0 Å². The van der Waals surface area contributed by atoms with E-state index in [9.17, 15) is 5.11 Å². The largest absolute Gasteiger partial charge is 0.391 e. The van der Waals surface area contributed by atoms with Crippen LogP contribution in [0.25, 0.3) is 0 Å². The van der Waals surface area contributed by atoms with Crippen molar-refractivity contribution in [2.45, 2.75) is 31.9 Å². The van der Waals surface area contributed by atoms with Crippen LogP contribution in [0.3, 0.4) is 0 Å². The molecular formula is C20H27N5O. The van der Waals surface area contributed by atoms with Gasteiger partial charge in [0.2, 0.25) is 5.95 Å². The van der Waals surface area contributed by atoms with Gasteiger partial charge >= 0.3 is 0 Å². The molecule has 26 heavy (non-hydrogen) atoms. The number of β-amino-alcohol motifs (C(OH)–C–C–N with tert-alkyl or cyclic N) is 1. The first kappa shape index (κ1) is 17.2. The molecule has 1 unspecified atom stereocenters. The molecule has 138 valence electrons. The van der Waals surface area contributed by atoms with Crippen LogP contribution in [0.15, 0.2) is 36.5 Å². The third-order valence-corrected chi connectivity index (χ3v) is 5.28. The lowest BCUT2D eigenvalue weighted by atomic mass is 10.00. The van der Waals surface area contributed by atoms with E-state index in [2.05, 4.69) is 49.4 Å².